The third-order valence-corrected chi connectivity index (χ3v) is 4.61. The average Bonchev–Trinajstić information content (AvgIpc) is 2.66. The molecule has 0 spiro atoms. The van der Waals surface area contributed by atoms with Crippen molar-refractivity contribution >= 4 is 33.0 Å². The van der Waals surface area contributed by atoms with Crippen LogP contribution in [0.25, 0.3) is 10.1 Å². The Hall–Kier alpha value is -1.55. The number of aryl methyl sites for hydroxylation is 1. The first-order valence-corrected chi connectivity index (χ1v) is 7.27. The first-order valence-electron chi connectivity index (χ1n) is 6.45. The number of rotatable bonds is 3. The van der Waals surface area contributed by atoms with Crippen molar-refractivity contribution in [3.8, 4) is 0 Å². The van der Waals surface area contributed by atoms with E-state index in [0.29, 0.717) is 10.6 Å². The monoisotopic (exact) mass is 276 g/mol. The summed E-state index contributed by atoms with van der Waals surface area (Å²) in [6, 6.07) is 6.09. The first kappa shape index (κ1) is 13.9. The van der Waals surface area contributed by atoms with E-state index in [1.807, 2.05) is 39.0 Å². The lowest BCUT2D eigenvalue weighted by molar-refractivity contribution is 0.0916. The van der Waals surface area contributed by atoms with Crippen LogP contribution in [-0.2, 0) is 0 Å². The molecular formula is C15H20N2OS. The van der Waals surface area contributed by atoms with Gasteiger partial charge in [0.05, 0.1) is 5.69 Å². The second kappa shape index (κ2) is 4.85. The standard InChI is InChI=1S/C15H20N2OS/c1-5-15(3,4)17-14(18)13-12(16)10-8-9(2)6-7-11(10)19-13/h6-8H,5,16H2,1-4H3,(H,17,18). The highest BCUT2D eigenvalue weighted by atomic mass is 32.1. The summed E-state index contributed by atoms with van der Waals surface area (Å²) in [6.07, 6.45) is 0.878. The zero-order valence-corrected chi connectivity index (χ0v) is 12.6. The predicted molar refractivity (Wildman–Crippen MR) is 82.8 cm³/mol. The van der Waals surface area contributed by atoms with Gasteiger partial charge in [0.25, 0.3) is 5.91 Å². The molecule has 1 amide bonds. The molecule has 2 aromatic rings. The van der Waals surface area contributed by atoms with Crippen LogP contribution in [0, 0.1) is 6.92 Å². The molecule has 1 heterocycles. The van der Waals surface area contributed by atoms with Crippen LogP contribution >= 0.6 is 11.3 Å². The van der Waals surface area contributed by atoms with Gasteiger partial charge < -0.3 is 11.1 Å². The number of anilines is 1. The number of nitrogens with two attached hydrogens (primary N) is 1. The van der Waals surface area contributed by atoms with Crippen LogP contribution in [0.3, 0.4) is 0 Å². The van der Waals surface area contributed by atoms with Crippen molar-refractivity contribution in [1.29, 1.82) is 0 Å². The Morgan fingerprint density at radius 2 is 2.11 bits per heavy atom. The molecule has 0 fully saturated rings. The summed E-state index contributed by atoms with van der Waals surface area (Å²) in [5, 5.41) is 4.01. The largest absolute Gasteiger partial charge is 0.397 e. The van der Waals surface area contributed by atoms with E-state index in [9.17, 15) is 4.79 Å². The van der Waals surface area contributed by atoms with Crippen LogP contribution in [-0.4, -0.2) is 11.4 Å². The second-order valence-electron chi connectivity index (χ2n) is 5.54. The molecule has 0 aliphatic rings. The van der Waals surface area contributed by atoms with Crippen LogP contribution in [0.4, 0.5) is 5.69 Å². The van der Waals surface area contributed by atoms with Crippen LogP contribution in [0.5, 0.6) is 0 Å². The number of carbonyl (C=O) groups excluding carboxylic acids is 1. The van der Waals surface area contributed by atoms with E-state index < -0.39 is 0 Å². The van der Waals surface area contributed by atoms with E-state index in [4.69, 9.17) is 5.73 Å². The summed E-state index contributed by atoms with van der Waals surface area (Å²) < 4.78 is 1.06. The maximum Gasteiger partial charge on any atom is 0.263 e. The maximum atomic E-state index is 12.3. The summed E-state index contributed by atoms with van der Waals surface area (Å²) in [6.45, 7) is 8.10. The number of hydrogen-bond donors (Lipinski definition) is 2. The molecule has 19 heavy (non-hydrogen) atoms. The van der Waals surface area contributed by atoms with Crippen LogP contribution < -0.4 is 11.1 Å². The van der Waals surface area contributed by atoms with E-state index in [-0.39, 0.29) is 11.4 Å². The Morgan fingerprint density at radius 3 is 2.74 bits per heavy atom. The van der Waals surface area contributed by atoms with Gasteiger partial charge in [0, 0.05) is 15.6 Å². The third-order valence-electron chi connectivity index (χ3n) is 3.42. The molecule has 4 heteroatoms. The molecule has 3 nitrogen and oxygen atoms in total. The van der Waals surface area contributed by atoms with Crippen molar-refractivity contribution < 1.29 is 4.79 Å². The minimum Gasteiger partial charge on any atom is -0.397 e. The van der Waals surface area contributed by atoms with E-state index in [1.54, 1.807) is 0 Å². The molecule has 102 valence electrons. The van der Waals surface area contributed by atoms with Gasteiger partial charge in [-0.25, -0.2) is 0 Å². The molecule has 1 aromatic carbocycles. The van der Waals surface area contributed by atoms with Crippen LogP contribution in [0.2, 0.25) is 0 Å². The number of hydrogen-bond acceptors (Lipinski definition) is 3. The summed E-state index contributed by atoms with van der Waals surface area (Å²) in [7, 11) is 0. The highest BCUT2D eigenvalue weighted by Gasteiger charge is 2.22. The molecule has 0 radical (unpaired) electrons. The number of nitrogens with one attached hydrogen (secondary N) is 1. The Labute approximate surface area is 117 Å². The predicted octanol–water partition coefficient (Wildman–Crippen LogP) is 3.71. The molecule has 0 saturated carbocycles. The van der Waals surface area contributed by atoms with Crippen molar-refractivity contribution in [2.45, 2.75) is 39.7 Å². The fourth-order valence-corrected chi connectivity index (χ4v) is 2.85. The first-order chi connectivity index (χ1) is 8.84. The number of fused-ring (bicyclic) bond motifs is 1. The van der Waals surface area contributed by atoms with E-state index >= 15 is 0 Å². The molecule has 0 aliphatic carbocycles. The molecule has 0 atom stereocenters. The SMILES string of the molecule is CCC(C)(C)NC(=O)c1sc2ccc(C)cc2c1N. The number of amides is 1. The molecule has 0 saturated heterocycles. The Morgan fingerprint density at radius 1 is 1.42 bits per heavy atom. The van der Waals surface area contributed by atoms with Gasteiger partial charge in [0.1, 0.15) is 4.88 Å². The maximum absolute atomic E-state index is 12.3. The normalized spacial score (nSPS) is 11.8. The van der Waals surface area contributed by atoms with Crippen LogP contribution in [0.15, 0.2) is 18.2 Å². The summed E-state index contributed by atoms with van der Waals surface area (Å²) in [4.78, 5) is 12.9. The molecule has 3 N–H and O–H groups in total. The van der Waals surface area contributed by atoms with Crippen molar-refractivity contribution in [1.82, 2.24) is 5.32 Å². The highest BCUT2D eigenvalue weighted by Crippen LogP contribution is 2.34. The molecular weight excluding hydrogens is 256 g/mol. The fourth-order valence-electron chi connectivity index (χ4n) is 1.85. The minimum absolute atomic E-state index is 0.0804. The summed E-state index contributed by atoms with van der Waals surface area (Å²) in [5.41, 5.74) is 7.65. The molecule has 0 unspecified atom stereocenters. The molecule has 1 aromatic heterocycles. The minimum atomic E-state index is -0.213. The number of thiophene rings is 1. The quantitative estimate of drug-likeness (QED) is 0.898. The van der Waals surface area contributed by atoms with Gasteiger partial charge in [0.2, 0.25) is 0 Å². The molecule has 2 rings (SSSR count). The van der Waals surface area contributed by atoms with Gasteiger partial charge >= 0.3 is 0 Å². The fraction of sp³-hybridized carbons (Fsp3) is 0.400. The lowest BCUT2D eigenvalue weighted by Crippen LogP contribution is -2.42. The van der Waals surface area contributed by atoms with Crippen molar-refractivity contribution in [3.63, 3.8) is 0 Å². The van der Waals surface area contributed by atoms with Crippen LogP contribution in [0.1, 0.15) is 42.4 Å². The van der Waals surface area contributed by atoms with E-state index in [1.165, 1.54) is 11.3 Å². The van der Waals surface area contributed by atoms with Gasteiger partial charge in [-0.3, -0.25) is 4.79 Å². The highest BCUT2D eigenvalue weighted by molar-refractivity contribution is 7.21. The molecule has 0 bridgehead atoms. The number of benzene rings is 1. The Kier molecular flexibility index (Phi) is 3.54. The zero-order valence-electron chi connectivity index (χ0n) is 11.8. The van der Waals surface area contributed by atoms with Crippen molar-refractivity contribution in [3.05, 3.63) is 28.6 Å². The van der Waals surface area contributed by atoms with Gasteiger partial charge in [-0.1, -0.05) is 18.6 Å². The number of carbonyl (C=O) groups is 1. The topological polar surface area (TPSA) is 55.1 Å². The van der Waals surface area contributed by atoms with Gasteiger partial charge in [-0.15, -0.1) is 11.3 Å². The third kappa shape index (κ3) is 2.73. The zero-order chi connectivity index (χ0) is 14.2. The molecule has 0 aliphatic heterocycles. The lowest BCUT2D eigenvalue weighted by Gasteiger charge is -2.24. The number of nitrogen functional groups attached to an aromatic ring is 1. The Bertz CT molecular complexity index is 628. The van der Waals surface area contributed by atoms with Gasteiger partial charge in [-0.05, 0) is 39.3 Å². The summed E-state index contributed by atoms with van der Waals surface area (Å²) in [5.74, 6) is -0.0804. The van der Waals surface area contributed by atoms with Crippen molar-refractivity contribution in [2.24, 2.45) is 0 Å². The van der Waals surface area contributed by atoms with Gasteiger partial charge in [-0.2, -0.15) is 0 Å². The van der Waals surface area contributed by atoms with Gasteiger partial charge in [0.15, 0.2) is 0 Å². The summed E-state index contributed by atoms with van der Waals surface area (Å²) >= 11 is 1.45. The Balaban J connectivity index is 2.40. The van der Waals surface area contributed by atoms with E-state index in [0.717, 1.165) is 22.1 Å². The smallest absolute Gasteiger partial charge is 0.263 e. The van der Waals surface area contributed by atoms with E-state index in [2.05, 4.69) is 12.2 Å². The second-order valence-corrected chi connectivity index (χ2v) is 6.59. The average molecular weight is 276 g/mol. The lowest BCUT2D eigenvalue weighted by atomic mass is 10.0. The van der Waals surface area contributed by atoms with Crippen molar-refractivity contribution in [2.75, 3.05) is 5.73 Å².